The number of primary amides is 1. The highest BCUT2D eigenvalue weighted by molar-refractivity contribution is 5.84. The molecule has 1 amide bonds. The van der Waals surface area contributed by atoms with Crippen LogP contribution in [0.15, 0.2) is 19.2 Å². The Morgan fingerprint density at radius 1 is 1.88 bits per heavy atom. The molecule has 0 rings (SSSR count). The summed E-state index contributed by atoms with van der Waals surface area (Å²) in [7, 11) is 0. The Hall–Kier alpha value is -1.34. The fraction of sp³-hybridized carbons (Fsp3) is 0. The first-order valence-electron chi connectivity index (χ1n) is 1.79. The Labute approximate surface area is 48.0 Å². The zero-order valence-corrected chi connectivity index (χ0v) is 4.48. The average Bonchev–Trinajstić information content (AvgIpc) is 1.69. The number of carbonyl (C=O) groups excluding carboxylic acids is 1. The van der Waals surface area contributed by atoms with Crippen LogP contribution in [-0.2, 0) is 4.79 Å². The van der Waals surface area contributed by atoms with Crippen LogP contribution >= 0.6 is 0 Å². The molecule has 3 N–H and O–H groups in total. The van der Waals surface area contributed by atoms with Crippen LogP contribution in [0.1, 0.15) is 0 Å². The van der Waals surface area contributed by atoms with Gasteiger partial charge in [-0.25, -0.2) is 0 Å². The van der Waals surface area contributed by atoms with Crippen LogP contribution in [0, 0.1) is 5.41 Å². The van der Waals surface area contributed by atoms with E-state index in [0.29, 0.717) is 0 Å². The van der Waals surface area contributed by atoms with Gasteiger partial charge in [0.05, 0.1) is 0 Å². The van der Waals surface area contributed by atoms with Gasteiger partial charge in [-0.3, -0.25) is 10.2 Å². The normalized spacial score (nSPS) is 5.00. The fourth-order valence-electron chi connectivity index (χ4n) is 0. The summed E-state index contributed by atoms with van der Waals surface area (Å²) >= 11 is 0. The third kappa shape index (κ3) is 143. The predicted octanol–water partition coefficient (Wildman–Crippen LogP) is 0.0786. The summed E-state index contributed by atoms with van der Waals surface area (Å²) in [6.45, 7) is 5.99. The lowest BCUT2D eigenvalue weighted by Gasteiger charge is -1.65. The van der Waals surface area contributed by atoms with E-state index in [1.54, 1.807) is 5.87 Å². The van der Waals surface area contributed by atoms with E-state index < -0.39 is 5.91 Å². The van der Waals surface area contributed by atoms with Gasteiger partial charge < -0.3 is 5.73 Å². The van der Waals surface area contributed by atoms with Crippen LogP contribution in [0.25, 0.3) is 0 Å². The van der Waals surface area contributed by atoms with Crippen molar-refractivity contribution < 1.29 is 4.79 Å². The lowest BCUT2D eigenvalue weighted by Crippen LogP contribution is -2.04. The minimum absolute atomic E-state index is 0.481. The summed E-state index contributed by atoms with van der Waals surface area (Å²) in [5.41, 5.74) is 4.53. The molecule has 0 aromatic carbocycles. The molecule has 0 spiro atoms. The molecule has 0 saturated carbocycles. The van der Waals surface area contributed by atoms with Crippen LogP contribution in [0.2, 0.25) is 0 Å². The van der Waals surface area contributed by atoms with Crippen LogP contribution in [0.4, 0.5) is 0 Å². The highest BCUT2D eigenvalue weighted by Gasteiger charge is 1.69. The van der Waals surface area contributed by atoms with Crippen molar-refractivity contribution in [2.75, 3.05) is 0 Å². The van der Waals surface area contributed by atoms with Gasteiger partial charge in [-0.15, -0.1) is 0 Å². The molecule has 3 heteroatoms. The zero-order valence-electron chi connectivity index (χ0n) is 4.48. The predicted molar refractivity (Wildman–Crippen MR) is 32.7 cm³/mol. The van der Waals surface area contributed by atoms with Crippen molar-refractivity contribution in [3.63, 3.8) is 0 Å². The largest absolute Gasteiger partial charge is 0.366 e. The summed E-state index contributed by atoms with van der Waals surface area (Å²) in [4.78, 5) is 9.47. The van der Waals surface area contributed by atoms with E-state index in [9.17, 15) is 4.79 Å². The number of hydrogen-bond acceptors (Lipinski definition) is 2. The zero-order chi connectivity index (χ0) is 6.99. The number of carbonyl (C=O) groups is 1. The highest BCUT2D eigenvalue weighted by atomic mass is 16.1. The van der Waals surface area contributed by atoms with Crippen molar-refractivity contribution in [3.8, 4) is 0 Å². The lowest BCUT2D eigenvalue weighted by atomic mass is 10.6. The van der Waals surface area contributed by atoms with Crippen molar-refractivity contribution in [1.82, 2.24) is 0 Å². The number of nitrogens with two attached hydrogens (primary N) is 1. The van der Waals surface area contributed by atoms with Gasteiger partial charge in [0.15, 0.2) is 0 Å². The third-order valence-corrected chi connectivity index (χ3v) is 0.201. The van der Waals surface area contributed by atoms with E-state index >= 15 is 0 Å². The second-order valence-electron chi connectivity index (χ2n) is 0.783. The SMILES string of the molecule is C=C=N.C=CC(N)=O. The molecule has 0 bridgehead atoms. The summed E-state index contributed by atoms with van der Waals surface area (Å²) in [6, 6.07) is 0. The monoisotopic (exact) mass is 112 g/mol. The second-order valence-corrected chi connectivity index (χ2v) is 0.783. The Morgan fingerprint density at radius 2 is 2.00 bits per heavy atom. The minimum Gasteiger partial charge on any atom is -0.366 e. The van der Waals surface area contributed by atoms with Gasteiger partial charge in [-0.2, -0.15) is 0 Å². The molecule has 0 aliphatic carbocycles. The first kappa shape index (κ1) is 9.83. The first-order valence-corrected chi connectivity index (χ1v) is 1.79. The van der Waals surface area contributed by atoms with Crippen molar-refractivity contribution in [1.29, 1.82) is 5.41 Å². The molecule has 0 fully saturated rings. The molecule has 0 radical (unpaired) electrons. The third-order valence-electron chi connectivity index (χ3n) is 0.201. The van der Waals surface area contributed by atoms with Gasteiger partial charge in [0, 0.05) is 0 Å². The number of amides is 1. The molecular formula is C5H8N2O. The molecule has 0 aliphatic heterocycles. The summed E-state index contributed by atoms with van der Waals surface area (Å²) in [5, 5.41) is 5.85. The highest BCUT2D eigenvalue weighted by Crippen LogP contribution is 1.48. The van der Waals surface area contributed by atoms with Crippen molar-refractivity contribution in [3.05, 3.63) is 19.2 Å². The van der Waals surface area contributed by atoms with Crippen LogP contribution in [0.5, 0.6) is 0 Å². The molecule has 44 valence electrons. The number of hydrogen-bond donors (Lipinski definition) is 2. The maximum atomic E-state index is 9.47. The Bertz CT molecular complexity index is 112. The Balaban J connectivity index is 0. The van der Waals surface area contributed by atoms with Crippen LogP contribution in [-0.4, -0.2) is 11.8 Å². The van der Waals surface area contributed by atoms with E-state index in [0.717, 1.165) is 6.08 Å². The molecule has 0 aromatic rings. The molecular weight excluding hydrogens is 104 g/mol. The quantitative estimate of drug-likeness (QED) is 0.366. The maximum absolute atomic E-state index is 9.47. The summed E-state index contributed by atoms with van der Waals surface area (Å²) < 4.78 is 0. The van der Waals surface area contributed by atoms with Gasteiger partial charge in [0.1, 0.15) is 0 Å². The van der Waals surface area contributed by atoms with E-state index in [4.69, 9.17) is 5.41 Å². The molecule has 0 unspecified atom stereocenters. The van der Waals surface area contributed by atoms with E-state index in [1.165, 1.54) is 0 Å². The second kappa shape index (κ2) is 9.18. The van der Waals surface area contributed by atoms with Crippen LogP contribution < -0.4 is 5.73 Å². The molecule has 0 atom stereocenters. The van der Waals surface area contributed by atoms with E-state index in [-0.39, 0.29) is 0 Å². The van der Waals surface area contributed by atoms with Crippen LogP contribution in [0.3, 0.4) is 0 Å². The van der Waals surface area contributed by atoms with Gasteiger partial charge in [-0.05, 0) is 18.5 Å². The maximum Gasteiger partial charge on any atom is 0.240 e. The van der Waals surface area contributed by atoms with Gasteiger partial charge >= 0.3 is 0 Å². The minimum atomic E-state index is -0.481. The average molecular weight is 112 g/mol. The smallest absolute Gasteiger partial charge is 0.240 e. The summed E-state index contributed by atoms with van der Waals surface area (Å²) in [6.07, 6.45) is 1.06. The summed E-state index contributed by atoms with van der Waals surface area (Å²) in [5.74, 6) is 1.27. The molecule has 8 heavy (non-hydrogen) atoms. The number of nitrogens with one attached hydrogen (secondary N) is 1. The molecule has 0 aliphatic rings. The van der Waals surface area contributed by atoms with Crippen molar-refractivity contribution in [2.24, 2.45) is 5.73 Å². The lowest BCUT2D eigenvalue weighted by molar-refractivity contribution is -0.113. The van der Waals surface area contributed by atoms with E-state index in [1.807, 2.05) is 0 Å². The molecule has 0 saturated heterocycles. The molecule has 0 aromatic heterocycles. The van der Waals surface area contributed by atoms with E-state index in [2.05, 4.69) is 18.9 Å². The fourth-order valence-corrected chi connectivity index (χ4v) is 0. The van der Waals surface area contributed by atoms with Crippen molar-refractivity contribution >= 4 is 11.8 Å². The standard InChI is InChI=1S/C3H5NO.C2H3N/c1-2-3(4)5;1-2-3/h2H,1H2,(H2,4,5);3H,1H2. The first-order chi connectivity index (χ1) is 3.68. The molecule has 0 heterocycles. The van der Waals surface area contributed by atoms with Gasteiger partial charge in [0.25, 0.3) is 0 Å². The topological polar surface area (TPSA) is 66.9 Å². The van der Waals surface area contributed by atoms with Crippen molar-refractivity contribution in [2.45, 2.75) is 0 Å². The Kier molecular flexibility index (Phi) is 11.3. The van der Waals surface area contributed by atoms with Gasteiger partial charge in [0.2, 0.25) is 5.91 Å². The molecule has 3 nitrogen and oxygen atoms in total. The Morgan fingerprint density at radius 3 is 2.00 bits per heavy atom. The van der Waals surface area contributed by atoms with Gasteiger partial charge in [-0.1, -0.05) is 6.58 Å². The number of rotatable bonds is 1.